The SMILES string of the molecule is CCC(Nc1ccc([N+](=O)[O-])cc1C#N)C(=O)OC. The maximum Gasteiger partial charge on any atom is 0.328 e. The minimum atomic E-state index is -0.599. The number of nitrogens with zero attached hydrogens (tertiary/aromatic N) is 2. The second kappa shape index (κ2) is 6.35. The van der Waals surface area contributed by atoms with Gasteiger partial charge in [-0.25, -0.2) is 4.79 Å². The number of nitriles is 1. The van der Waals surface area contributed by atoms with Crippen LogP contribution in [-0.2, 0) is 9.53 Å². The number of anilines is 1. The zero-order valence-corrected chi connectivity index (χ0v) is 10.5. The van der Waals surface area contributed by atoms with Crippen LogP contribution in [0.3, 0.4) is 0 Å². The number of nitro groups is 1. The molecule has 0 bridgehead atoms. The van der Waals surface area contributed by atoms with Gasteiger partial charge in [-0.05, 0) is 12.5 Å². The van der Waals surface area contributed by atoms with E-state index >= 15 is 0 Å². The minimum Gasteiger partial charge on any atom is -0.467 e. The Morgan fingerprint density at radius 2 is 2.32 bits per heavy atom. The van der Waals surface area contributed by atoms with E-state index < -0.39 is 16.9 Å². The Hall–Kier alpha value is -2.62. The van der Waals surface area contributed by atoms with E-state index in [4.69, 9.17) is 5.26 Å². The average molecular weight is 263 g/mol. The summed E-state index contributed by atoms with van der Waals surface area (Å²) in [5.41, 5.74) is 0.301. The highest BCUT2D eigenvalue weighted by Gasteiger charge is 2.19. The van der Waals surface area contributed by atoms with Crippen molar-refractivity contribution in [1.29, 1.82) is 5.26 Å². The predicted molar refractivity (Wildman–Crippen MR) is 67.5 cm³/mol. The Morgan fingerprint density at radius 1 is 1.63 bits per heavy atom. The quantitative estimate of drug-likeness (QED) is 0.493. The van der Waals surface area contributed by atoms with Crippen LogP contribution < -0.4 is 5.32 Å². The first kappa shape index (κ1) is 14.4. The molecule has 1 N–H and O–H groups in total. The number of methoxy groups -OCH3 is 1. The third kappa shape index (κ3) is 3.42. The van der Waals surface area contributed by atoms with Crippen molar-refractivity contribution in [1.82, 2.24) is 0 Å². The van der Waals surface area contributed by atoms with E-state index in [9.17, 15) is 14.9 Å². The molecule has 7 nitrogen and oxygen atoms in total. The molecule has 0 heterocycles. The van der Waals surface area contributed by atoms with E-state index in [1.807, 2.05) is 6.07 Å². The molecule has 0 saturated carbocycles. The predicted octanol–water partition coefficient (Wildman–Crippen LogP) is 1.83. The second-order valence-corrected chi connectivity index (χ2v) is 3.73. The smallest absolute Gasteiger partial charge is 0.328 e. The third-order valence-electron chi connectivity index (χ3n) is 2.56. The number of hydrogen-bond donors (Lipinski definition) is 1. The number of non-ortho nitro benzene ring substituents is 1. The number of hydrogen-bond acceptors (Lipinski definition) is 6. The summed E-state index contributed by atoms with van der Waals surface area (Å²) in [6.45, 7) is 1.78. The van der Waals surface area contributed by atoms with Crippen molar-refractivity contribution >= 4 is 17.3 Å². The van der Waals surface area contributed by atoms with Crippen LogP contribution in [0, 0.1) is 21.4 Å². The Kier molecular flexibility index (Phi) is 4.83. The molecule has 0 aliphatic heterocycles. The van der Waals surface area contributed by atoms with E-state index in [2.05, 4.69) is 10.1 Å². The molecule has 0 aliphatic carbocycles. The lowest BCUT2D eigenvalue weighted by Crippen LogP contribution is -2.30. The van der Waals surface area contributed by atoms with Crippen molar-refractivity contribution in [3.63, 3.8) is 0 Å². The molecule has 7 heteroatoms. The molecule has 100 valence electrons. The topological polar surface area (TPSA) is 105 Å². The van der Waals surface area contributed by atoms with Crippen LogP contribution in [0.4, 0.5) is 11.4 Å². The van der Waals surface area contributed by atoms with Gasteiger partial charge < -0.3 is 10.1 Å². The average Bonchev–Trinajstić information content (AvgIpc) is 2.43. The molecule has 1 atom stereocenters. The number of nitrogens with one attached hydrogen (secondary N) is 1. The lowest BCUT2D eigenvalue weighted by Gasteiger charge is -2.16. The molecule has 0 saturated heterocycles. The van der Waals surface area contributed by atoms with Crippen LogP contribution in [-0.4, -0.2) is 24.0 Å². The second-order valence-electron chi connectivity index (χ2n) is 3.73. The van der Waals surface area contributed by atoms with Crippen molar-refractivity contribution in [3.05, 3.63) is 33.9 Å². The first-order chi connectivity index (χ1) is 9.03. The van der Waals surface area contributed by atoms with Crippen LogP contribution in [0.5, 0.6) is 0 Å². The van der Waals surface area contributed by atoms with Crippen molar-refractivity contribution in [2.75, 3.05) is 12.4 Å². The molecule has 0 radical (unpaired) electrons. The van der Waals surface area contributed by atoms with Gasteiger partial charge in [0.2, 0.25) is 0 Å². The number of benzene rings is 1. The lowest BCUT2D eigenvalue weighted by molar-refractivity contribution is -0.384. The summed E-state index contributed by atoms with van der Waals surface area (Å²) < 4.78 is 4.62. The van der Waals surface area contributed by atoms with Gasteiger partial charge in [-0.15, -0.1) is 0 Å². The van der Waals surface area contributed by atoms with Crippen LogP contribution in [0.2, 0.25) is 0 Å². The summed E-state index contributed by atoms with van der Waals surface area (Å²) in [5, 5.41) is 22.4. The van der Waals surface area contributed by atoms with E-state index in [0.29, 0.717) is 12.1 Å². The van der Waals surface area contributed by atoms with Gasteiger partial charge in [0.15, 0.2) is 0 Å². The third-order valence-corrected chi connectivity index (χ3v) is 2.56. The van der Waals surface area contributed by atoms with Crippen LogP contribution in [0.25, 0.3) is 0 Å². The maximum absolute atomic E-state index is 11.4. The molecule has 0 aromatic heterocycles. The molecule has 0 spiro atoms. The molecule has 19 heavy (non-hydrogen) atoms. The van der Waals surface area contributed by atoms with Crippen molar-refractivity contribution in [3.8, 4) is 6.07 Å². The highest BCUT2D eigenvalue weighted by Crippen LogP contribution is 2.22. The molecule has 1 unspecified atom stereocenters. The maximum atomic E-state index is 11.4. The van der Waals surface area contributed by atoms with E-state index in [-0.39, 0.29) is 11.3 Å². The standard InChI is InChI=1S/C12H13N3O4/c1-3-10(12(16)19-2)14-11-5-4-9(15(17)18)6-8(11)7-13/h4-6,10,14H,3H2,1-2H3. The van der Waals surface area contributed by atoms with Crippen LogP contribution in [0.1, 0.15) is 18.9 Å². The molecule has 0 aliphatic rings. The highest BCUT2D eigenvalue weighted by atomic mass is 16.6. The summed E-state index contributed by atoms with van der Waals surface area (Å²) in [4.78, 5) is 21.5. The first-order valence-corrected chi connectivity index (χ1v) is 5.56. The van der Waals surface area contributed by atoms with Gasteiger partial charge >= 0.3 is 5.97 Å². The Bertz CT molecular complexity index is 536. The number of rotatable bonds is 5. The molecule has 1 aromatic rings. The Balaban J connectivity index is 3.04. The molecule has 1 rings (SSSR count). The van der Waals surface area contributed by atoms with Crippen LogP contribution >= 0.6 is 0 Å². The lowest BCUT2D eigenvalue weighted by atomic mass is 10.1. The van der Waals surface area contributed by atoms with E-state index in [1.54, 1.807) is 6.92 Å². The van der Waals surface area contributed by atoms with Gasteiger partial charge in [0.05, 0.1) is 23.3 Å². The normalized spacial score (nSPS) is 11.2. The number of carbonyl (C=O) groups is 1. The zero-order valence-electron chi connectivity index (χ0n) is 10.5. The first-order valence-electron chi connectivity index (χ1n) is 5.56. The fourth-order valence-corrected chi connectivity index (χ4v) is 1.52. The number of esters is 1. The van der Waals surface area contributed by atoms with Gasteiger partial charge in [0.1, 0.15) is 12.1 Å². The summed E-state index contributed by atoms with van der Waals surface area (Å²) >= 11 is 0. The van der Waals surface area contributed by atoms with Crippen molar-refractivity contribution in [2.24, 2.45) is 0 Å². The summed E-state index contributed by atoms with van der Waals surface area (Å²) in [7, 11) is 1.27. The van der Waals surface area contributed by atoms with Gasteiger partial charge in [-0.1, -0.05) is 6.92 Å². The molecule has 0 amide bonds. The Morgan fingerprint density at radius 3 is 2.79 bits per heavy atom. The summed E-state index contributed by atoms with van der Waals surface area (Å²) in [5.74, 6) is -0.454. The van der Waals surface area contributed by atoms with Gasteiger partial charge in [0.25, 0.3) is 5.69 Å². The summed E-state index contributed by atoms with van der Waals surface area (Å²) in [6, 6.07) is 5.09. The molecule has 1 aromatic carbocycles. The largest absolute Gasteiger partial charge is 0.467 e. The van der Waals surface area contributed by atoms with E-state index in [0.717, 1.165) is 6.07 Å². The highest BCUT2D eigenvalue weighted by molar-refractivity contribution is 5.80. The zero-order chi connectivity index (χ0) is 14.4. The van der Waals surface area contributed by atoms with E-state index in [1.165, 1.54) is 19.2 Å². The monoisotopic (exact) mass is 263 g/mol. The molecule has 0 fully saturated rings. The van der Waals surface area contributed by atoms with Gasteiger partial charge in [0, 0.05) is 12.1 Å². The minimum absolute atomic E-state index is 0.108. The number of nitro benzene ring substituents is 1. The molecular formula is C12H13N3O4. The van der Waals surface area contributed by atoms with Gasteiger partial charge in [-0.3, -0.25) is 10.1 Å². The van der Waals surface area contributed by atoms with Crippen LogP contribution in [0.15, 0.2) is 18.2 Å². The fraction of sp³-hybridized carbons (Fsp3) is 0.333. The van der Waals surface area contributed by atoms with Crippen molar-refractivity contribution < 1.29 is 14.5 Å². The number of carbonyl (C=O) groups excluding carboxylic acids is 1. The Labute approximate surface area is 109 Å². The number of ether oxygens (including phenoxy) is 1. The summed E-state index contributed by atoms with van der Waals surface area (Å²) in [6.07, 6.45) is 0.467. The van der Waals surface area contributed by atoms with Crippen molar-refractivity contribution in [2.45, 2.75) is 19.4 Å². The fourth-order valence-electron chi connectivity index (χ4n) is 1.52. The van der Waals surface area contributed by atoms with Gasteiger partial charge in [-0.2, -0.15) is 5.26 Å². The molecular weight excluding hydrogens is 250 g/mol.